The average molecular weight is 566 g/mol. The second kappa shape index (κ2) is 11.3. The molecule has 218 valence electrons. The van der Waals surface area contributed by atoms with Gasteiger partial charge in [0.05, 0.1) is 18.3 Å². The zero-order valence-electron chi connectivity index (χ0n) is 24.4. The second-order valence-corrected chi connectivity index (χ2v) is 12.0. The number of nitrogens with one attached hydrogen (secondary N) is 3. The first-order valence-corrected chi connectivity index (χ1v) is 15.2. The highest BCUT2D eigenvalue weighted by molar-refractivity contribution is 5.95. The number of amides is 1. The molecule has 2 fully saturated rings. The molecule has 0 unspecified atom stereocenters. The lowest BCUT2D eigenvalue weighted by atomic mass is 9.95. The van der Waals surface area contributed by atoms with Crippen molar-refractivity contribution in [2.45, 2.75) is 51.6 Å². The van der Waals surface area contributed by atoms with Gasteiger partial charge in [0, 0.05) is 54.8 Å². The fraction of sp³-hybridized carbons (Fsp3) is 0.424. The van der Waals surface area contributed by atoms with Crippen molar-refractivity contribution in [1.29, 1.82) is 0 Å². The number of aryl methyl sites for hydroxylation is 1. The number of anilines is 1. The number of hydrogen-bond acceptors (Lipinski definition) is 8. The van der Waals surface area contributed by atoms with Gasteiger partial charge in [-0.3, -0.25) is 15.6 Å². The van der Waals surface area contributed by atoms with E-state index in [4.69, 9.17) is 9.72 Å². The average Bonchev–Trinajstić information content (AvgIpc) is 3.88. The van der Waals surface area contributed by atoms with E-state index in [1.54, 1.807) is 13.4 Å². The number of piperidine rings is 1. The summed E-state index contributed by atoms with van der Waals surface area (Å²) in [5, 5.41) is 4.73. The van der Waals surface area contributed by atoms with Crippen LogP contribution in [0.4, 0.5) is 5.82 Å². The monoisotopic (exact) mass is 565 g/mol. The van der Waals surface area contributed by atoms with Crippen LogP contribution in [0, 0.1) is 12.8 Å². The molecule has 2 aromatic carbocycles. The minimum absolute atomic E-state index is 0.149. The van der Waals surface area contributed by atoms with E-state index < -0.39 is 0 Å². The van der Waals surface area contributed by atoms with E-state index >= 15 is 0 Å². The molecular formula is C33H39N7O2. The van der Waals surface area contributed by atoms with Crippen molar-refractivity contribution in [3.8, 4) is 0 Å². The number of likely N-dealkylation sites (tertiary alicyclic amines) is 1. The molecule has 0 radical (unpaired) electrons. The molecule has 1 amide bonds. The Balaban J connectivity index is 1.10. The van der Waals surface area contributed by atoms with Crippen LogP contribution in [0.25, 0.3) is 16.6 Å². The maximum atomic E-state index is 13.5. The predicted octanol–water partition coefficient (Wildman–Crippen LogP) is 4.04. The molecule has 1 saturated carbocycles. The summed E-state index contributed by atoms with van der Waals surface area (Å²) in [5.74, 6) is 2.62. The highest BCUT2D eigenvalue weighted by Gasteiger charge is 2.28. The number of carbonyl (C=O) groups excluding carboxylic acids is 1. The lowest BCUT2D eigenvalue weighted by molar-refractivity contribution is 0.0705. The number of methoxy groups -OCH3 is 1. The largest absolute Gasteiger partial charge is 0.481 e. The molecule has 7 rings (SSSR count). The van der Waals surface area contributed by atoms with E-state index in [9.17, 15) is 4.79 Å². The van der Waals surface area contributed by atoms with Crippen molar-refractivity contribution < 1.29 is 9.53 Å². The molecule has 9 nitrogen and oxygen atoms in total. The minimum atomic E-state index is 0.149. The molecule has 9 heteroatoms. The molecular weight excluding hydrogens is 526 g/mol. The molecule has 3 aromatic rings. The van der Waals surface area contributed by atoms with Gasteiger partial charge >= 0.3 is 0 Å². The second-order valence-electron chi connectivity index (χ2n) is 12.0. The number of rotatable bonds is 7. The number of fused-ring (bicyclic) bond motifs is 2. The van der Waals surface area contributed by atoms with Gasteiger partial charge in [-0.1, -0.05) is 6.07 Å². The Hall–Kier alpha value is -4.11. The van der Waals surface area contributed by atoms with Gasteiger partial charge in [-0.05, 0) is 98.5 Å². The lowest BCUT2D eigenvalue weighted by Crippen LogP contribution is -2.45. The van der Waals surface area contributed by atoms with Crippen molar-refractivity contribution in [3.05, 3.63) is 82.5 Å². The number of hydrogen-bond donors (Lipinski definition) is 3. The predicted molar refractivity (Wildman–Crippen MR) is 164 cm³/mol. The topological polar surface area (TPSA) is 94.7 Å². The first-order chi connectivity index (χ1) is 20.6. The molecule has 4 aliphatic rings. The SMILES string of the molecule is COC1=CC=C(c2cc(C)c3ncnc(N4CCc5ccc(C(=O)N6CCC(NCC7CC7)CC6)cc5C4)c3c2)NN1. The molecule has 42 heavy (non-hydrogen) atoms. The normalized spacial score (nSPS) is 19.0. The number of benzene rings is 2. The number of nitrogens with zero attached hydrogens (tertiary/aromatic N) is 4. The summed E-state index contributed by atoms with van der Waals surface area (Å²) in [6.45, 7) is 6.44. The summed E-state index contributed by atoms with van der Waals surface area (Å²) in [7, 11) is 1.63. The van der Waals surface area contributed by atoms with Crippen LogP contribution < -0.4 is 21.1 Å². The van der Waals surface area contributed by atoms with Crippen molar-refractivity contribution in [1.82, 2.24) is 31.0 Å². The van der Waals surface area contributed by atoms with E-state index in [0.29, 0.717) is 18.5 Å². The highest BCUT2D eigenvalue weighted by atomic mass is 16.5. The lowest BCUT2D eigenvalue weighted by Gasteiger charge is -2.33. The third-order valence-electron chi connectivity index (χ3n) is 9.10. The van der Waals surface area contributed by atoms with E-state index in [0.717, 1.165) is 90.5 Å². The number of allylic oxidation sites excluding steroid dienone is 2. The van der Waals surface area contributed by atoms with Gasteiger partial charge in [0.25, 0.3) is 5.91 Å². The first kappa shape index (κ1) is 26.8. The van der Waals surface area contributed by atoms with Gasteiger partial charge in [-0.25, -0.2) is 9.97 Å². The van der Waals surface area contributed by atoms with Crippen LogP contribution in [0.1, 0.15) is 58.3 Å². The van der Waals surface area contributed by atoms with Gasteiger partial charge < -0.3 is 19.9 Å². The number of ether oxygens (including phenoxy) is 1. The van der Waals surface area contributed by atoms with Crippen molar-refractivity contribution in [3.63, 3.8) is 0 Å². The minimum Gasteiger partial charge on any atom is -0.481 e. The molecule has 0 bridgehead atoms. The maximum Gasteiger partial charge on any atom is 0.253 e. The van der Waals surface area contributed by atoms with E-state index in [1.165, 1.54) is 24.0 Å². The smallest absolute Gasteiger partial charge is 0.253 e. The van der Waals surface area contributed by atoms with Crippen LogP contribution in [0.2, 0.25) is 0 Å². The molecule has 1 saturated heterocycles. The molecule has 1 aliphatic carbocycles. The van der Waals surface area contributed by atoms with Gasteiger partial charge in [-0.15, -0.1) is 0 Å². The third kappa shape index (κ3) is 5.41. The van der Waals surface area contributed by atoms with E-state index in [2.05, 4.69) is 57.2 Å². The van der Waals surface area contributed by atoms with E-state index in [1.807, 2.05) is 23.1 Å². The molecule has 4 heterocycles. The van der Waals surface area contributed by atoms with Crippen molar-refractivity contribution in [2.24, 2.45) is 5.92 Å². The Labute approximate surface area is 247 Å². The summed E-state index contributed by atoms with van der Waals surface area (Å²) in [6, 6.07) is 11.1. The van der Waals surface area contributed by atoms with Gasteiger partial charge in [0.15, 0.2) is 0 Å². The first-order valence-electron chi connectivity index (χ1n) is 15.2. The van der Waals surface area contributed by atoms with Crippen LogP contribution in [0.5, 0.6) is 0 Å². The summed E-state index contributed by atoms with van der Waals surface area (Å²) < 4.78 is 5.27. The zero-order chi connectivity index (χ0) is 28.6. The van der Waals surface area contributed by atoms with Crippen LogP contribution >= 0.6 is 0 Å². The zero-order valence-corrected chi connectivity index (χ0v) is 24.4. The molecule has 0 atom stereocenters. The maximum absolute atomic E-state index is 13.5. The van der Waals surface area contributed by atoms with Gasteiger partial charge in [0.1, 0.15) is 12.1 Å². The highest BCUT2D eigenvalue weighted by Crippen LogP contribution is 2.33. The van der Waals surface area contributed by atoms with Gasteiger partial charge in [0.2, 0.25) is 5.88 Å². The quantitative estimate of drug-likeness (QED) is 0.395. The Bertz CT molecular complexity index is 1570. The summed E-state index contributed by atoms with van der Waals surface area (Å²) >= 11 is 0. The molecule has 3 aliphatic heterocycles. The van der Waals surface area contributed by atoms with Crippen LogP contribution in [0.3, 0.4) is 0 Å². The van der Waals surface area contributed by atoms with Crippen LogP contribution in [-0.4, -0.2) is 60.1 Å². The van der Waals surface area contributed by atoms with Crippen molar-refractivity contribution in [2.75, 3.05) is 38.2 Å². The number of hydrazine groups is 1. The summed E-state index contributed by atoms with van der Waals surface area (Å²) in [4.78, 5) is 27.3. The van der Waals surface area contributed by atoms with Gasteiger partial charge in [-0.2, -0.15) is 0 Å². The Morgan fingerprint density at radius 1 is 1.02 bits per heavy atom. The fourth-order valence-corrected chi connectivity index (χ4v) is 6.39. The Morgan fingerprint density at radius 2 is 1.88 bits per heavy atom. The van der Waals surface area contributed by atoms with Crippen LogP contribution in [-0.2, 0) is 17.7 Å². The standard InChI is InChI=1S/C33H39N7O2/c1-21-15-25(29-7-8-30(42-2)38-37-29)17-28-31(21)35-20-36-32(28)40-12-9-23-5-6-24(16-26(23)19-40)33(41)39-13-10-27(11-14-39)34-18-22-3-4-22/h5-8,15-17,20,22,27,34,37-38H,3-4,9-14,18-19H2,1-2H3. The Morgan fingerprint density at radius 3 is 2.64 bits per heavy atom. The fourth-order valence-electron chi connectivity index (χ4n) is 6.39. The van der Waals surface area contributed by atoms with Crippen LogP contribution in [0.15, 0.2) is 54.7 Å². The molecule has 1 aromatic heterocycles. The van der Waals surface area contributed by atoms with Crippen molar-refractivity contribution >= 4 is 28.3 Å². The summed E-state index contributed by atoms with van der Waals surface area (Å²) in [5.41, 5.74) is 13.6. The summed E-state index contributed by atoms with van der Waals surface area (Å²) in [6.07, 6.45) is 11.3. The Kier molecular flexibility index (Phi) is 7.19. The molecule has 0 spiro atoms. The van der Waals surface area contributed by atoms with E-state index in [-0.39, 0.29) is 5.91 Å². The number of aromatic nitrogens is 2. The third-order valence-corrected chi connectivity index (χ3v) is 9.10. The number of carbonyl (C=O) groups is 1. The molecule has 3 N–H and O–H groups in total.